The van der Waals surface area contributed by atoms with E-state index in [4.69, 9.17) is 5.73 Å². The number of benzene rings is 1. The van der Waals surface area contributed by atoms with Gasteiger partial charge in [-0.3, -0.25) is 4.79 Å². The molecule has 0 aliphatic carbocycles. The maximum Gasteiger partial charge on any atom is 0.224 e. The minimum absolute atomic E-state index is 0.0580. The van der Waals surface area contributed by atoms with Gasteiger partial charge in [0.05, 0.1) is 11.4 Å². The fourth-order valence-corrected chi connectivity index (χ4v) is 2.14. The molecule has 0 radical (unpaired) electrons. The van der Waals surface area contributed by atoms with E-state index in [-0.39, 0.29) is 5.91 Å². The number of hydrogen-bond acceptors (Lipinski definition) is 3. The quantitative estimate of drug-likeness (QED) is 0.564. The molecule has 4 nitrogen and oxygen atoms in total. The molecule has 1 aliphatic rings. The Morgan fingerprint density at radius 3 is 3.06 bits per heavy atom. The summed E-state index contributed by atoms with van der Waals surface area (Å²) >= 11 is 0. The number of nitrogens with one attached hydrogen (secondary N) is 2. The largest absolute Gasteiger partial charge is 0.397 e. The molecule has 2 rings (SSSR count). The van der Waals surface area contributed by atoms with Crippen molar-refractivity contribution in [3.05, 3.63) is 30.4 Å². The highest BCUT2D eigenvalue weighted by molar-refractivity contribution is 5.95. The van der Waals surface area contributed by atoms with Crippen molar-refractivity contribution in [2.45, 2.75) is 32.2 Å². The SMILES string of the molecule is C=CCC(C)Nc1cc2c(cc1N)NC(=O)CC2. The molecule has 0 bridgehead atoms. The zero-order chi connectivity index (χ0) is 13.1. The predicted molar refractivity (Wildman–Crippen MR) is 75.7 cm³/mol. The van der Waals surface area contributed by atoms with Gasteiger partial charge >= 0.3 is 0 Å². The van der Waals surface area contributed by atoms with E-state index >= 15 is 0 Å². The summed E-state index contributed by atoms with van der Waals surface area (Å²) in [5.74, 6) is 0.0580. The number of hydrogen-bond donors (Lipinski definition) is 3. The first-order chi connectivity index (χ1) is 8.60. The summed E-state index contributed by atoms with van der Waals surface area (Å²) in [4.78, 5) is 11.3. The van der Waals surface area contributed by atoms with Gasteiger partial charge < -0.3 is 16.4 Å². The number of rotatable bonds is 4. The van der Waals surface area contributed by atoms with Gasteiger partial charge in [-0.15, -0.1) is 6.58 Å². The fraction of sp³-hybridized carbons (Fsp3) is 0.357. The van der Waals surface area contributed by atoms with Crippen LogP contribution < -0.4 is 16.4 Å². The van der Waals surface area contributed by atoms with Crippen LogP contribution in [0.15, 0.2) is 24.8 Å². The Balaban J connectivity index is 2.22. The first-order valence-electron chi connectivity index (χ1n) is 6.20. The highest BCUT2D eigenvalue weighted by Gasteiger charge is 2.17. The molecule has 1 unspecified atom stereocenters. The lowest BCUT2D eigenvalue weighted by Gasteiger charge is -2.21. The average Bonchev–Trinajstić information content (AvgIpc) is 2.31. The number of nitrogens with two attached hydrogens (primary N) is 1. The van der Waals surface area contributed by atoms with Gasteiger partial charge in [0.1, 0.15) is 0 Å². The first kappa shape index (κ1) is 12.5. The van der Waals surface area contributed by atoms with Crippen molar-refractivity contribution in [1.29, 1.82) is 0 Å². The van der Waals surface area contributed by atoms with E-state index in [0.29, 0.717) is 18.2 Å². The number of amides is 1. The van der Waals surface area contributed by atoms with Gasteiger partial charge in [0.2, 0.25) is 5.91 Å². The molecule has 1 heterocycles. The molecule has 4 N–H and O–H groups in total. The number of anilines is 3. The van der Waals surface area contributed by atoms with E-state index in [9.17, 15) is 4.79 Å². The second kappa shape index (κ2) is 5.12. The van der Waals surface area contributed by atoms with Gasteiger partial charge in [-0.1, -0.05) is 6.08 Å². The predicted octanol–water partition coefficient (Wildman–Crippen LogP) is 2.53. The maximum atomic E-state index is 11.3. The Hall–Kier alpha value is -1.97. The average molecular weight is 245 g/mol. The molecule has 1 amide bonds. The maximum absolute atomic E-state index is 11.3. The molecule has 96 valence electrons. The van der Waals surface area contributed by atoms with Gasteiger partial charge in [0.15, 0.2) is 0 Å². The number of carbonyl (C=O) groups is 1. The molecule has 18 heavy (non-hydrogen) atoms. The molecule has 4 heteroatoms. The van der Waals surface area contributed by atoms with Crippen LogP contribution >= 0.6 is 0 Å². The van der Waals surface area contributed by atoms with Crippen molar-refractivity contribution in [1.82, 2.24) is 0 Å². The third-order valence-corrected chi connectivity index (χ3v) is 3.09. The topological polar surface area (TPSA) is 67.2 Å². The van der Waals surface area contributed by atoms with E-state index in [0.717, 1.165) is 29.8 Å². The van der Waals surface area contributed by atoms with Crippen molar-refractivity contribution in [2.75, 3.05) is 16.4 Å². The first-order valence-corrected chi connectivity index (χ1v) is 6.20. The van der Waals surface area contributed by atoms with Crippen molar-refractivity contribution >= 4 is 23.0 Å². The summed E-state index contributed by atoms with van der Waals surface area (Å²) in [6, 6.07) is 4.15. The molecular formula is C14H19N3O. The molecule has 0 saturated carbocycles. The van der Waals surface area contributed by atoms with Gasteiger partial charge in [0, 0.05) is 18.2 Å². The number of fused-ring (bicyclic) bond motifs is 1. The lowest BCUT2D eigenvalue weighted by Crippen LogP contribution is -2.20. The Kier molecular flexibility index (Phi) is 3.55. The molecular weight excluding hydrogens is 226 g/mol. The van der Waals surface area contributed by atoms with Crippen LogP contribution in [0.2, 0.25) is 0 Å². The van der Waals surface area contributed by atoms with Crippen LogP contribution in [0.3, 0.4) is 0 Å². The van der Waals surface area contributed by atoms with Crippen molar-refractivity contribution < 1.29 is 4.79 Å². The normalized spacial score (nSPS) is 15.5. The van der Waals surface area contributed by atoms with E-state index in [2.05, 4.69) is 24.1 Å². The van der Waals surface area contributed by atoms with Crippen LogP contribution in [0.1, 0.15) is 25.3 Å². The summed E-state index contributed by atoms with van der Waals surface area (Å²) in [5, 5.41) is 6.21. The summed E-state index contributed by atoms with van der Waals surface area (Å²) < 4.78 is 0. The summed E-state index contributed by atoms with van der Waals surface area (Å²) in [5.41, 5.74) is 9.56. The molecule has 0 aromatic heterocycles. The standard InChI is InChI=1S/C14H19N3O/c1-3-4-9(2)16-13-7-10-5-6-14(18)17-12(10)8-11(13)15/h3,7-9,16H,1,4-6,15H2,2H3,(H,17,18). The monoisotopic (exact) mass is 245 g/mol. The Labute approximate surface area is 107 Å². The lowest BCUT2D eigenvalue weighted by atomic mass is 10.0. The fourth-order valence-electron chi connectivity index (χ4n) is 2.14. The second-order valence-corrected chi connectivity index (χ2v) is 4.71. The zero-order valence-electron chi connectivity index (χ0n) is 10.6. The molecule has 1 aromatic carbocycles. The molecule has 1 aliphatic heterocycles. The van der Waals surface area contributed by atoms with E-state index < -0.39 is 0 Å². The molecule has 0 fully saturated rings. The second-order valence-electron chi connectivity index (χ2n) is 4.71. The van der Waals surface area contributed by atoms with E-state index in [1.807, 2.05) is 18.2 Å². The highest BCUT2D eigenvalue weighted by Crippen LogP contribution is 2.31. The summed E-state index contributed by atoms with van der Waals surface area (Å²) in [6.45, 7) is 5.81. The van der Waals surface area contributed by atoms with Gasteiger partial charge in [-0.05, 0) is 37.5 Å². The number of nitrogen functional groups attached to an aromatic ring is 1. The molecule has 1 atom stereocenters. The highest BCUT2D eigenvalue weighted by atomic mass is 16.1. The summed E-state index contributed by atoms with van der Waals surface area (Å²) in [6.07, 6.45) is 4.07. The third-order valence-electron chi connectivity index (χ3n) is 3.09. The third kappa shape index (κ3) is 2.64. The minimum Gasteiger partial charge on any atom is -0.397 e. The minimum atomic E-state index is 0.0580. The smallest absolute Gasteiger partial charge is 0.224 e. The van der Waals surface area contributed by atoms with Gasteiger partial charge in [-0.2, -0.15) is 0 Å². The van der Waals surface area contributed by atoms with Crippen LogP contribution in [0.5, 0.6) is 0 Å². The van der Waals surface area contributed by atoms with Gasteiger partial charge in [0.25, 0.3) is 0 Å². The van der Waals surface area contributed by atoms with E-state index in [1.165, 1.54) is 0 Å². The Bertz CT molecular complexity index is 482. The Morgan fingerprint density at radius 1 is 1.56 bits per heavy atom. The van der Waals surface area contributed by atoms with Gasteiger partial charge in [-0.25, -0.2) is 0 Å². The molecule has 0 spiro atoms. The molecule has 0 saturated heterocycles. The lowest BCUT2D eigenvalue weighted by molar-refractivity contribution is -0.116. The van der Waals surface area contributed by atoms with Crippen LogP contribution in [0, 0.1) is 0 Å². The van der Waals surface area contributed by atoms with Crippen molar-refractivity contribution in [3.63, 3.8) is 0 Å². The van der Waals surface area contributed by atoms with Crippen LogP contribution in [-0.2, 0) is 11.2 Å². The van der Waals surface area contributed by atoms with Crippen LogP contribution in [0.4, 0.5) is 17.1 Å². The van der Waals surface area contributed by atoms with E-state index in [1.54, 1.807) is 0 Å². The van der Waals surface area contributed by atoms with Crippen molar-refractivity contribution in [2.24, 2.45) is 0 Å². The Morgan fingerprint density at radius 2 is 2.33 bits per heavy atom. The van der Waals surface area contributed by atoms with Crippen LogP contribution in [-0.4, -0.2) is 11.9 Å². The summed E-state index contributed by atoms with van der Waals surface area (Å²) in [7, 11) is 0. The number of aryl methyl sites for hydroxylation is 1. The molecule has 1 aromatic rings. The zero-order valence-corrected chi connectivity index (χ0v) is 10.6. The number of carbonyl (C=O) groups excluding carboxylic acids is 1. The van der Waals surface area contributed by atoms with Crippen molar-refractivity contribution in [3.8, 4) is 0 Å². The van der Waals surface area contributed by atoms with Crippen LogP contribution in [0.25, 0.3) is 0 Å².